The van der Waals surface area contributed by atoms with Crippen molar-refractivity contribution >= 4 is 17.6 Å². The number of rotatable bonds is 3. The topological polar surface area (TPSA) is 46.5 Å². The van der Waals surface area contributed by atoms with E-state index in [0.717, 1.165) is 24.8 Å². The van der Waals surface area contributed by atoms with Crippen molar-refractivity contribution in [3.05, 3.63) is 28.8 Å². The molecule has 0 aromatic heterocycles. The normalized spacial score (nSPS) is 33.5. The summed E-state index contributed by atoms with van der Waals surface area (Å²) in [5.74, 6) is 0.0126. The van der Waals surface area contributed by atoms with E-state index in [4.69, 9.17) is 21.4 Å². The lowest BCUT2D eigenvalue weighted by molar-refractivity contribution is -0.194. The van der Waals surface area contributed by atoms with Gasteiger partial charge in [-0.2, -0.15) is 0 Å². The molecular weight excluding hydrogens is 240 g/mol. The minimum absolute atomic E-state index is 0.0657. The van der Waals surface area contributed by atoms with E-state index in [9.17, 15) is 4.79 Å². The van der Waals surface area contributed by atoms with Crippen LogP contribution in [-0.4, -0.2) is 18.2 Å². The summed E-state index contributed by atoms with van der Waals surface area (Å²) in [6.07, 6.45) is 2.25. The van der Waals surface area contributed by atoms with Crippen LogP contribution in [0.3, 0.4) is 0 Å². The molecule has 0 aliphatic heterocycles. The van der Waals surface area contributed by atoms with Gasteiger partial charge in [0.15, 0.2) is 0 Å². The Morgan fingerprint density at radius 1 is 1.41 bits per heavy atom. The lowest BCUT2D eigenvalue weighted by Crippen LogP contribution is -2.67. The second kappa shape index (κ2) is 3.16. The predicted molar refractivity (Wildman–Crippen MR) is 63.6 cm³/mol. The number of benzene rings is 1. The number of methoxy groups -OCH3 is 1. The van der Waals surface area contributed by atoms with E-state index in [0.29, 0.717) is 10.8 Å². The SMILES string of the molecule is COc1cc(C23CC(C(=O)O)(C2)C3)ccc1Cl. The van der Waals surface area contributed by atoms with Crippen molar-refractivity contribution in [1.29, 1.82) is 0 Å². The van der Waals surface area contributed by atoms with Gasteiger partial charge in [-0.05, 0) is 42.4 Å². The maximum atomic E-state index is 11.0. The van der Waals surface area contributed by atoms with Crippen LogP contribution >= 0.6 is 11.6 Å². The highest BCUT2D eigenvalue weighted by atomic mass is 35.5. The van der Waals surface area contributed by atoms with E-state index < -0.39 is 11.4 Å². The van der Waals surface area contributed by atoms with Gasteiger partial charge in [-0.25, -0.2) is 0 Å². The molecular formula is C13H13ClO3. The van der Waals surface area contributed by atoms with Crippen molar-refractivity contribution in [2.45, 2.75) is 24.7 Å². The van der Waals surface area contributed by atoms with Crippen LogP contribution < -0.4 is 4.74 Å². The van der Waals surface area contributed by atoms with Crippen molar-refractivity contribution in [3.63, 3.8) is 0 Å². The molecule has 3 fully saturated rings. The van der Waals surface area contributed by atoms with Crippen LogP contribution in [-0.2, 0) is 10.2 Å². The number of ether oxygens (including phenoxy) is 1. The Balaban J connectivity index is 1.87. The predicted octanol–water partition coefficient (Wildman–Crippen LogP) is 2.85. The maximum Gasteiger partial charge on any atom is 0.309 e. The Morgan fingerprint density at radius 2 is 2.06 bits per heavy atom. The van der Waals surface area contributed by atoms with E-state index in [-0.39, 0.29) is 5.41 Å². The zero-order valence-electron chi connectivity index (χ0n) is 9.50. The van der Waals surface area contributed by atoms with Gasteiger partial charge >= 0.3 is 5.97 Å². The Bertz CT molecular complexity index is 490. The highest BCUT2D eigenvalue weighted by molar-refractivity contribution is 6.32. The van der Waals surface area contributed by atoms with Gasteiger partial charge in [-0.3, -0.25) is 4.79 Å². The number of carboxylic acids is 1. The van der Waals surface area contributed by atoms with E-state index in [1.165, 1.54) is 0 Å². The minimum atomic E-state index is -0.652. The summed E-state index contributed by atoms with van der Waals surface area (Å²) in [7, 11) is 1.59. The lowest BCUT2D eigenvalue weighted by Gasteiger charge is -2.68. The van der Waals surface area contributed by atoms with Gasteiger partial charge in [-0.1, -0.05) is 17.7 Å². The third-order valence-electron chi connectivity index (χ3n) is 4.25. The number of hydrogen-bond donors (Lipinski definition) is 1. The number of halogens is 1. The molecule has 0 unspecified atom stereocenters. The first-order chi connectivity index (χ1) is 8.01. The quantitative estimate of drug-likeness (QED) is 0.900. The van der Waals surface area contributed by atoms with Gasteiger partial charge in [0.1, 0.15) is 5.75 Å². The molecule has 0 heterocycles. The van der Waals surface area contributed by atoms with Crippen LogP contribution in [0.1, 0.15) is 24.8 Å². The summed E-state index contributed by atoms with van der Waals surface area (Å²) in [6.45, 7) is 0. The fraction of sp³-hybridized carbons (Fsp3) is 0.462. The smallest absolute Gasteiger partial charge is 0.309 e. The van der Waals surface area contributed by atoms with Gasteiger partial charge < -0.3 is 9.84 Å². The van der Waals surface area contributed by atoms with Crippen LogP contribution in [0.4, 0.5) is 0 Å². The largest absolute Gasteiger partial charge is 0.495 e. The summed E-state index contributed by atoms with van der Waals surface area (Å²) >= 11 is 5.98. The molecule has 0 radical (unpaired) electrons. The van der Waals surface area contributed by atoms with Gasteiger partial charge in [0.2, 0.25) is 0 Å². The first kappa shape index (κ1) is 10.9. The van der Waals surface area contributed by atoms with Gasteiger partial charge in [0.05, 0.1) is 17.5 Å². The molecule has 1 aromatic rings. The number of aliphatic carboxylic acids is 1. The molecule has 0 spiro atoms. The van der Waals surface area contributed by atoms with Crippen LogP contribution in [0.15, 0.2) is 18.2 Å². The molecule has 2 bridgehead atoms. The fourth-order valence-electron chi connectivity index (χ4n) is 3.31. The molecule has 17 heavy (non-hydrogen) atoms. The molecule has 3 saturated carbocycles. The second-order valence-electron chi connectivity index (χ2n) is 5.25. The van der Waals surface area contributed by atoms with Crippen LogP contribution in [0.5, 0.6) is 5.75 Å². The van der Waals surface area contributed by atoms with E-state index in [2.05, 4.69) is 0 Å². The molecule has 3 aliphatic carbocycles. The highest BCUT2D eigenvalue weighted by Crippen LogP contribution is 2.73. The number of hydrogen-bond acceptors (Lipinski definition) is 2. The first-order valence-corrected chi connectivity index (χ1v) is 5.97. The van der Waals surface area contributed by atoms with Crippen molar-refractivity contribution in [2.75, 3.05) is 7.11 Å². The molecule has 0 atom stereocenters. The third-order valence-corrected chi connectivity index (χ3v) is 4.56. The fourth-order valence-corrected chi connectivity index (χ4v) is 3.51. The van der Waals surface area contributed by atoms with E-state index in [1.54, 1.807) is 7.11 Å². The summed E-state index contributed by atoms with van der Waals surface area (Å²) < 4.78 is 5.19. The lowest BCUT2D eigenvalue weighted by atomic mass is 9.33. The second-order valence-corrected chi connectivity index (χ2v) is 5.65. The number of carbonyl (C=O) groups is 1. The Kier molecular flexibility index (Phi) is 2.03. The average Bonchev–Trinajstić information content (AvgIpc) is 2.15. The average molecular weight is 253 g/mol. The zero-order valence-corrected chi connectivity index (χ0v) is 10.3. The molecule has 3 nitrogen and oxygen atoms in total. The van der Waals surface area contributed by atoms with Gasteiger partial charge in [0.25, 0.3) is 0 Å². The van der Waals surface area contributed by atoms with E-state index >= 15 is 0 Å². The highest BCUT2D eigenvalue weighted by Gasteiger charge is 2.72. The standard InChI is InChI=1S/C13H13ClO3/c1-17-10-4-8(2-3-9(10)14)12-5-13(6-12,7-12)11(15)16/h2-4H,5-7H2,1H3,(H,15,16). The summed E-state index contributed by atoms with van der Waals surface area (Å²) in [6, 6.07) is 5.74. The molecule has 1 aromatic carbocycles. The Morgan fingerprint density at radius 3 is 2.59 bits per heavy atom. The van der Waals surface area contributed by atoms with Gasteiger partial charge in [-0.15, -0.1) is 0 Å². The monoisotopic (exact) mass is 252 g/mol. The molecule has 90 valence electrons. The summed E-state index contributed by atoms with van der Waals surface area (Å²) in [4.78, 5) is 11.0. The van der Waals surface area contributed by atoms with Crippen molar-refractivity contribution in [3.8, 4) is 5.75 Å². The molecule has 4 rings (SSSR count). The van der Waals surface area contributed by atoms with Crippen molar-refractivity contribution in [2.24, 2.45) is 5.41 Å². The molecule has 4 heteroatoms. The van der Waals surface area contributed by atoms with Crippen LogP contribution in [0, 0.1) is 5.41 Å². The molecule has 0 amide bonds. The number of carboxylic acid groups (broad SMARTS) is 1. The molecule has 3 aliphatic rings. The van der Waals surface area contributed by atoms with Crippen LogP contribution in [0.2, 0.25) is 5.02 Å². The van der Waals surface area contributed by atoms with Crippen molar-refractivity contribution in [1.82, 2.24) is 0 Å². The zero-order chi connectivity index (χ0) is 12.3. The minimum Gasteiger partial charge on any atom is -0.495 e. The van der Waals surface area contributed by atoms with Gasteiger partial charge in [0, 0.05) is 0 Å². The Labute approximate surface area is 104 Å². The molecule has 0 saturated heterocycles. The summed E-state index contributed by atoms with van der Waals surface area (Å²) in [5.41, 5.74) is 0.783. The molecule has 1 N–H and O–H groups in total. The maximum absolute atomic E-state index is 11.0. The Hall–Kier alpha value is -1.22. The van der Waals surface area contributed by atoms with Crippen LogP contribution in [0.25, 0.3) is 0 Å². The third kappa shape index (κ3) is 1.26. The first-order valence-electron chi connectivity index (χ1n) is 5.59. The summed E-state index contributed by atoms with van der Waals surface area (Å²) in [5, 5.41) is 9.68. The van der Waals surface area contributed by atoms with E-state index in [1.807, 2.05) is 18.2 Å². The van der Waals surface area contributed by atoms with Crippen molar-refractivity contribution < 1.29 is 14.6 Å².